The summed E-state index contributed by atoms with van der Waals surface area (Å²) in [7, 11) is 1.85. The summed E-state index contributed by atoms with van der Waals surface area (Å²) in [6.45, 7) is 0. The molecule has 2 N–H and O–H groups in total. The predicted molar refractivity (Wildman–Crippen MR) is 110 cm³/mol. The molecule has 1 aromatic carbocycles. The van der Waals surface area contributed by atoms with Gasteiger partial charge in [0.2, 0.25) is 0 Å². The van der Waals surface area contributed by atoms with Crippen molar-refractivity contribution >= 4 is 5.82 Å². The number of anilines is 1. The minimum Gasteiger partial charge on any atom is -0.383 e. The molecule has 0 amide bonds. The minimum atomic E-state index is -0.236. The summed E-state index contributed by atoms with van der Waals surface area (Å²) in [5, 5.41) is 17.7. The normalized spacial score (nSPS) is 14.8. The maximum absolute atomic E-state index is 9.19. The number of nitrogens with two attached hydrogens (primary N) is 1. The van der Waals surface area contributed by atoms with Gasteiger partial charge in [-0.25, -0.2) is 4.98 Å². The Kier molecular flexibility index (Phi) is 4.10. The quantitative estimate of drug-likeness (QED) is 0.560. The molecule has 148 valence electrons. The van der Waals surface area contributed by atoms with Crippen molar-refractivity contribution in [1.82, 2.24) is 24.9 Å². The monoisotopic (exact) mass is 397 g/mol. The number of pyridine rings is 1. The molecule has 8 nitrogen and oxygen atoms in total. The van der Waals surface area contributed by atoms with Crippen LogP contribution in [0.15, 0.2) is 53.4 Å². The van der Waals surface area contributed by atoms with Gasteiger partial charge in [0.1, 0.15) is 11.9 Å². The van der Waals surface area contributed by atoms with Crippen molar-refractivity contribution in [2.24, 2.45) is 7.05 Å². The van der Waals surface area contributed by atoms with Crippen LogP contribution >= 0.6 is 0 Å². The average Bonchev–Trinajstić information content (AvgIpc) is 3.38. The third kappa shape index (κ3) is 2.83. The van der Waals surface area contributed by atoms with E-state index in [-0.39, 0.29) is 11.2 Å². The van der Waals surface area contributed by atoms with E-state index in [4.69, 9.17) is 10.3 Å². The number of aryl methyl sites for hydroxylation is 1. The second-order valence-electron chi connectivity index (χ2n) is 7.61. The van der Waals surface area contributed by atoms with E-state index in [2.05, 4.69) is 38.4 Å². The van der Waals surface area contributed by atoms with Crippen molar-refractivity contribution in [2.75, 3.05) is 5.73 Å². The fourth-order valence-electron chi connectivity index (χ4n) is 3.94. The highest BCUT2D eigenvalue weighted by Gasteiger charge is 2.44. The number of nitrogens with zero attached hydrogens (tertiary/aromatic N) is 6. The van der Waals surface area contributed by atoms with Crippen LogP contribution in [0.5, 0.6) is 0 Å². The number of hydrogen-bond donors (Lipinski definition) is 1. The first-order valence-electron chi connectivity index (χ1n) is 9.69. The molecule has 0 unspecified atom stereocenters. The van der Waals surface area contributed by atoms with Gasteiger partial charge in [-0.1, -0.05) is 35.8 Å². The molecule has 0 aliphatic heterocycles. The van der Waals surface area contributed by atoms with E-state index >= 15 is 0 Å². The minimum absolute atomic E-state index is 0.236. The molecule has 5 rings (SSSR count). The summed E-state index contributed by atoms with van der Waals surface area (Å²) < 4.78 is 7.24. The van der Waals surface area contributed by atoms with Crippen LogP contribution in [-0.4, -0.2) is 24.9 Å². The van der Waals surface area contributed by atoms with Crippen molar-refractivity contribution in [3.63, 3.8) is 0 Å². The molecule has 4 aromatic rings. The predicted octanol–water partition coefficient (Wildman–Crippen LogP) is 3.46. The Balaban J connectivity index is 1.47. The second kappa shape index (κ2) is 6.81. The van der Waals surface area contributed by atoms with Gasteiger partial charge in [0.15, 0.2) is 5.82 Å². The molecule has 1 saturated carbocycles. The Morgan fingerprint density at radius 2 is 1.93 bits per heavy atom. The molecule has 0 bridgehead atoms. The average molecular weight is 397 g/mol. The molecule has 3 aromatic heterocycles. The van der Waals surface area contributed by atoms with Crippen LogP contribution in [0, 0.1) is 11.3 Å². The van der Waals surface area contributed by atoms with Crippen LogP contribution < -0.4 is 5.73 Å². The zero-order valence-electron chi connectivity index (χ0n) is 16.4. The first kappa shape index (κ1) is 18.1. The van der Waals surface area contributed by atoms with Crippen molar-refractivity contribution in [3.8, 4) is 28.7 Å². The van der Waals surface area contributed by atoms with Crippen molar-refractivity contribution in [3.05, 3.63) is 65.9 Å². The highest BCUT2D eigenvalue weighted by Crippen LogP contribution is 2.48. The van der Waals surface area contributed by atoms with Gasteiger partial charge < -0.3 is 10.3 Å². The summed E-state index contributed by atoms with van der Waals surface area (Å²) in [6, 6.07) is 12.1. The molecule has 0 atom stereocenters. The van der Waals surface area contributed by atoms with Gasteiger partial charge in [-0.2, -0.15) is 15.3 Å². The van der Waals surface area contributed by atoms with Crippen molar-refractivity contribution in [2.45, 2.75) is 24.7 Å². The fourth-order valence-corrected chi connectivity index (χ4v) is 3.94. The smallest absolute Gasteiger partial charge is 0.261 e. The van der Waals surface area contributed by atoms with Crippen molar-refractivity contribution in [1.29, 1.82) is 5.26 Å². The van der Waals surface area contributed by atoms with Crippen LogP contribution in [0.4, 0.5) is 5.82 Å². The molecule has 0 saturated heterocycles. The second-order valence-corrected chi connectivity index (χ2v) is 7.61. The van der Waals surface area contributed by atoms with E-state index in [1.54, 1.807) is 23.1 Å². The van der Waals surface area contributed by atoms with E-state index in [0.29, 0.717) is 17.3 Å². The fraction of sp³-hybridized carbons (Fsp3) is 0.227. The molecule has 1 aliphatic carbocycles. The summed E-state index contributed by atoms with van der Waals surface area (Å²) in [5.41, 5.74) is 9.66. The van der Waals surface area contributed by atoms with Crippen LogP contribution in [-0.2, 0) is 12.5 Å². The summed E-state index contributed by atoms with van der Waals surface area (Å²) in [6.07, 6.45) is 8.32. The van der Waals surface area contributed by atoms with Gasteiger partial charge in [-0.3, -0.25) is 4.68 Å². The Labute approximate surface area is 173 Å². The molecule has 3 heterocycles. The highest BCUT2D eigenvalue weighted by atomic mass is 16.5. The maximum atomic E-state index is 9.19. The molecule has 8 heteroatoms. The lowest BCUT2D eigenvalue weighted by Gasteiger charge is -2.39. The van der Waals surface area contributed by atoms with E-state index in [1.807, 2.05) is 25.4 Å². The lowest BCUT2D eigenvalue weighted by molar-refractivity contribution is 0.273. The Bertz CT molecular complexity index is 1260. The summed E-state index contributed by atoms with van der Waals surface area (Å²) in [5.74, 6) is 1.44. The molecule has 0 spiro atoms. The SMILES string of the molecule is Cn1cc(-c2nc(C3(c4ccc(-c5cnc(N)c(C#N)c5)cc4)CCC3)no2)cn1. The highest BCUT2D eigenvalue weighted by molar-refractivity contribution is 5.67. The largest absolute Gasteiger partial charge is 0.383 e. The first-order valence-corrected chi connectivity index (χ1v) is 9.69. The number of aromatic nitrogens is 5. The van der Waals surface area contributed by atoms with Gasteiger partial charge in [0.05, 0.1) is 22.7 Å². The van der Waals surface area contributed by atoms with E-state index < -0.39 is 0 Å². The lowest BCUT2D eigenvalue weighted by Crippen LogP contribution is -2.36. The number of nitriles is 1. The molecule has 1 aliphatic rings. The zero-order chi connectivity index (χ0) is 20.7. The number of rotatable bonds is 4. The number of benzene rings is 1. The number of nitrogen functional groups attached to an aromatic ring is 1. The van der Waals surface area contributed by atoms with Gasteiger partial charge in [0.25, 0.3) is 5.89 Å². The number of hydrogen-bond acceptors (Lipinski definition) is 7. The third-order valence-electron chi connectivity index (χ3n) is 5.82. The van der Waals surface area contributed by atoms with Crippen LogP contribution in [0.25, 0.3) is 22.6 Å². The van der Waals surface area contributed by atoms with Crippen LogP contribution in [0.3, 0.4) is 0 Å². The maximum Gasteiger partial charge on any atom is 0.261 e. The van der Waals surface area contributed by atoms with Gasteiger partial charge in [-0.15, -0.1) is 0 Å². The Morgan fingerprint density at radius 1 is 1.13 bits per heavy atom. The van der Waals surface area contributed by atoms with Gasteiger partial charge in [0, 0.05) is 25.0 Å². The third-order valence-corrected chi connectivity index (χ3v) is 5.82. The van der Waals surface area contributed by atoms with Crippen LogP contribution in [0.2, 0.25) is 0 Å². The van der Waals surface area contributed by atoms with E-state index in [9.17, 15) is 5.26 Å². The van der Waals surface area contributed by atoms with E-state index in [1.165, 1.54) is 0 Å². The van der Waals surface area contributed by atoms with Gasteiger partial charge >= 0.3 is 0 Å². The summed E-state index contributed by atoms with van der Waals surface area (Å²) >= 11 is 0. The lowest BCUT2D eigenvalue weighted by atomic mass is 9.64. The molecule has 30 heavy (non-hydrogen) atoms. The zero-order valence-corrected chi connectivity index (χ0v) is 16.4. The van der Waals surface area contributed by atoms with E-state index in [0.717, 1.165) is 41.5 Å². The van der Waals surface area contributed by atoms with Crippen molar-refractivity contribution < 1.29 is 4.52 Å². The summed E-state index contributed by atoms with van der Waals surface area (Å²) in [4.78, 5) is 8.81. The molecular formula is C22H19N7O. The topological polar surface area (TPSA) is 119 Å². The molecule has 0 radical (unpaired) electrons. The standard InChI is InChI=1S/C22H19N7O/c1-29-13-17(12-26-29)20-27-21(28-30-20)22(7-2-8-22)18-5-3-14(4-6-18)16-9-15(10-23)19(24)25-11-16/h3-6,9,11-13H,2,7-8H2,1H3,(H2,24,25). The van der Waals surface area contributed by atoms with Gasteiger partial charge in [-0.05, 0) is 30.0 Å². The molecule has 1 fully saturated rings. The first-order chi connectivity index (χ1) is 14.6. The Hall–Kier alpha value is -3.99. The Morgan fingerprint density at radius 3 is 2.57 bits per heavy atom. The van der Waals surface area contributed by atoms with Crippen LogP contribution in [0.1, 0.15) is 36.2 Å². The molecular weight excluding hydrogens is 378 g/mol.